The van der Waals surface area contributed by atoms with E-state index in [-0.39, 0.29) is 30.9 Å². The van der Waals surface area contributed by atoms with Crippen LogP contribution in [0.25, 0.3) is 0 Å². The molecule has 2 N–H and O–H groups in total. The largest absolute Gasteiger partial charge is 0.468 e. The van der Waals surface area contributed by atoms with Crippen LogP contribution in [0.5, 0.6) is 0 Å². The van der Waals surface area contributed by atoms with Gasteiger partial charge in [-0.15, -0.1) is 12.4 Å². The van der Waals surface area contributed by atoms with Gasteiger partial charge in [-0.3, -0.25) is 9.59 Å². The number of hydrogen-bond donors (Lipinski definition) is 2. The highest BCUT2D eigenvalue weighted by atomic mass is 35.5. The van der Waals surface area contributed by atoms with Crippen molar-refractivity contribution >= 4 is 24.3 Å². The molecule has 6 heteroatoms. The van der Waals surface area contributed by atoms with Crippen LogP contribution in [0.2, 0.25) is 0 Å². The highest BCUT2D eigenvalue weighted by Gasteiger charge is 2.20. The van der Waals surface area contributed by atoms with Gasteiger partial charge < -0.3 is 15.4 Å². The third-order valence-corrected chi connectivity index (χ3v) is 2.26. The zero-order chi connectivity index (χ0) is 10.4. The van der Waals surface area contributed by atoms with Crippen molar-refractivity contribution in [3.63, 3.8) is 0 Å². The van der Waals surface area contributed by atoms with E-state index in [1.165, 1.54) is 7.11 Å². The van der Waals surface area contributed by atoms with Gasteiger partial charge in [-0.2, -0.15) is 0 Å². The number of nitrogens with one attached hydrogen (secondary N) is 2. The molecule has 5 nitrogen and oxygen atoms in total. The van der Waals surface area contributed by atoms with Gasteiger partial charge >= 0.3 is 5.97 Å². The zero-order valence-corrected chi connectivity index (χ0v) is 9.56. The number of hydrogen-bond acceptors (Lipinski definition) is 4. The zero-order valence-electron chi connectivity index (χ0n) is 8.75. The molecule has 1 saturated heterocycles. The lowest BCUT2D eigenvalue weighted by molar-refractivity contribution is -0.141. The van der Waals surface area contributed by atoms with Crippen molar-refractivity contribution in [3.8, 4) is 0 Å². The molecule has 0 aromatic rings. The molecule has 0 aromatic carbocycles. The maximum Gasteiger partial charge on any atom is 0.325 e. The number of carbonyl (C=O) groups excluding carboxylic acids is 2. The van der Waals surface area contributed by atoms with Crippen LogP contribution < -0.4 is 10.6 Å². The minimum Gasteiger partial charge on any atom is -0.468 e. The lowest BCUT2D eigenvalue weighted by Crippen LogP contribution is -2.47. The van der Waals surface area contributed by atoms with E-state index in [9.17, 15) is 9.59 Å². The Balaban J connectivity index is 0.00000196. The van der Waals surface area contributed by atoms with E-state index in [2.05, 4.69) is 15.4 Å². The van der Waals surface area contributed by atoms with E-state index in [0.29, 0.717) is 0 Å². The summed E-state index contributed by atoms with van der Waals surface area (Å²) >= 11 is 0. The van der Waals surface area contributed by atoms with E-state index in [0.717, 1.165) is 25.8 Å². The van der Waals surface area contributed by atoms with E-state index in [1.807, 2.05) is 0 Å². The van der Waals surface area contributed by atoms with Crippen molar-refractivity contribution in [3.05, 3.63) is 0 Å². The molecule has 1 amide bonds. The average Bonchev–Trinajstić information content (AvgIpc) is 2.26. The summed E-state index contributed by atoms with van der Waals surface area (Å²) in [4.78, 5) is 22.2. The molecule has 1 aliphatic rings. The first-order valence-electron chi connectivity index (χ1n) is 4.82. The summed E-state index contributed by atoms with van der Waals surface area (Å²) in [6, 6.07) is -0.145. The van der Waals surface area contributed by atoms with Crippen LogP contribution in [-0.4, -0.2) is 38.1 Å². The summed E-state index contributed by atoms with van der Waals surface area (Å²) in [5, 5.41) is 5.62. The molecule has 1 heterocycles. The van der Waals surface area contributed by atoms with Crippen molar-refractivity contribution in [1.29, 1.82) is 0 Å². The first-order chi connectivity index (χ1) is 6.74. The fourth-order valence-electron chi connectivity index (χ4n) is 1.43. The fraction of sp³-hybridized carbons (Fsp3) is 0.778. The van der Waals surface area contributed by atoms with Gasteiger partial charge in [0.2, 0.25) is 5.91 Å². The molecule has 1 fully saturated rings. The summed E-state index contributed by atoms with van der Waals surface area (Å²) in [5.74, 6) is -0.538. The highest BCUT2D eigenvalue weighted by molar-refractivity contribution is 5.85. The molecule has 0 unspecified atom stereocenters. The van der Waals surface area contributed by atoms with Gasteiger partial charge in [0.15, 0.2) is 0 Å². The Morgan fingerprint density at radius 2 is 2.20 bits per heavy atom. The van der Waals surface area contributed by atoms with Crippen molar-refractivity contribution in [2.45, 2.75) is 25.3 Å². The Labute approximate surface area is 95.3 Å². The third kappa shape index (κ3) is 4.99. The number of esters is 1. The molecule has 0 saturated carbocycles. The average molecular weight is 237 g/mol. The standard InChI is InChI=1S/C9H16N2O3.ClH/c1-14-8(12)6-11-9(13)7-4-2-3-5-10-7;/h7,10H,2-6H2,1H3,(H,11,13);1H/t7-;/m1./s1. The van der Waals surface area contributed by atoms with E-state index < -0.39 is 5.97 Å². The smallest absolute Gasteiger partial charge is 0.325 e. The molecule has 1 rings (SSSR count). The topological polar surface area (TPSA) is 67.4 Å². The summed E-state index contributed by atoms with van der Waals surface area (Å²) in [6.45, 7) is 0.823. The normalized spacial score (nSPS) is 19.9. The second kappa shape index (κ2) is 7.48. The molecule has 0 aromatic heterocycles. The molecule has 1 atom stereocenters. The molecule has 0 aliphatic carbocycles. The SMILES string of the molecule is COC(=O)CNC(=O)[C@H]1CCCCN1.Cl. The summed E-state index contributed by atoms with van der Waals surface area (Å²) in [6.07, 6.45) is 3.01. The number of ether oxygens (including phenoxy) is 1. The Morgan fingerprint density at radius 3 is 2.73 bits per heavy atom. The lowest BCUT2D eigenvalue weighted by atomic mass is 10.0. The molecule has 15 heavy (non-hydrogen) atoms. The first kappa shape index (κ1) is 14.2. The number of carbonyl (C=O) groups is 2. The Bertz CT molecular complexity index is 217. The van der Waals surface area contributed by atoms with Gasteiger partial charge in [0.05, 0.1) is 13.2 Å². The van der Waals surface area contributed by atoms with E-state index in [4.69, 9.17) is 0 Å². The van der Waals surface area contributed by atoms with Crippen molar-refractivity contribution in [2.24, 2.45) is 0 Å². The monoisotopic (exact) mass is 236 g/mol. The number of halogens is 1. The fourth-order valence-corrected chi connectivity index (χ4v) is 1.43. The van der Waals surface area contributed by atoms with Crippen LogP contribution >= 0.6 is 12.4 Å². The first-order valence-corrected chi connectivity index (χ1v) is 4.82. The minimum atomic E-state index is -0.422. The van der Waals surface area contributed by atoms with Gasteiger partial charge in [0.1, 0.15) is 6.54 Å². The quantitative estimate of drug-likeness (QED) is 0.669. The maximum atomic E-state index is 11.4. The predicted molar refractivity (Wildman–Crippen MR) is 57.9 cm³/mol. The van der Waals surface area contributed by atoms with Gasteiger partial charge in [-0.05, 0) is 19.4 Å². The van der Waals surface area contributed by atoms with Crippen molar-refractivity contribution < 1.29 is 14.3 Å². The molecule has 0 radical (unpaired) electrons. The van der Waals surface area contributed by atoms with Crippen LogP contribution in [-0.2, 0) is 14.3 Å². The van der Waals surface area contributed by atoms with Crippen LogP contribution in [0.4, 0.5) is 0 Å². The summed E-state index contributed by atoms with van der Waals surface area (Å²) < 4.78 is 4.41. The number of piperidine rings is 1. The minimum absolute atomic E-state index is 0. The van der Waals surface area contributed by atoms with Gasteiger partial charge in [0.25, 0.3) is 0 Å². The number of rotatable bonds is 3. The summed E-state index contributed by atoms with van der Waals surface area (Å²) in [5.41, 5.74) is 0. The van der Waals surface area contributed by atoms with Crippen LogP contribution in [0.15, 0.2) is 0 Å². The van der Waals surface area contributed by atoms with Crippen LogP contribution in [0, 0.1) is 0 Å². The number of amides is 1. The summed E-state index contributed by atoms with van der Waals surface area (Å²) in [7, 11) is 1.30. The highest BCUT2D eigenvalue weighted by Crippen LogP contribution is 2.06. The van der Waals surface area contributed by atoms with Gasteiger partial charge in [0, 0.05) is 0 Å². The van der Waals surface area contributed by atoms with Gasteiger partial charge in [-0.1, -0.05) is 6.42 Å². The van der Waals surface area contributed by atoms with Gasteiger partial charge in [-0.25, -0.2) is 0 Å². The third-order valence-electron chi connectivity index (χ3n) is 2.26. The molecule has 0 bridgehead atoms. The molecular weight excluding hydrogens is 220 g/mol. The predicted octanol–water partition coefficient (Wildman–Crippen LogP) is -0.161. The van der Waals surface area contributed by atoms with Crippen molar-refractivity contribution in [2.75, 3.05) is 20.2 Å². The lowest BCUT2D eigenvalue weighted by Gasteiger charge is -2.22. The van der Waals surface area contributed by atoms with E-state index in [1.54, 1.807) is 0 Å². The van der Waals surface area contributed by atoms with Crippen LogP contribution in [0.3, 0.4) is 0 Å². The Kier molecular flexibility index (Phi) is 7.07. The van der Waals surface area contributed by atoms with E-state index >= 15 is 0 Å². The van der Waals surface area contributed by atoms with Crippen LogP contribution in [0.1, 0.15) is 19.3 Å². The second-order valence-electron chi connectivity index (χ2n) is 3.30. The second-order valence-corrected chi connectivity index (χ2v) is 3.30. The Morgan fingerprint density at radius 1 is 1.47 bits per heavy atom. The van der Waals surface area contributed by atoms with Crippen molar-refractivity contribution in [1.82, 2.24) is 10.6 Å². The molecular formula is C9H17ClN2O3. The molecule has 88 valence electrons. The molecule has 1 aliphatic heterocycles. The molecule has 0 spiro atoms. The maximum absolute atomic E-state index is 11.4. The Hall–Kier alpha value is -0.810. The number of methoxy groups -OCH3 is 1.